The molecule has 166 valence electrons. The zero-order chi connectivity index (χ0) is 21.6. The molecule has 5 nitrogen and oxygen atoms in total. The van der Waals surface area contributed by atoms with E-state index in [0.717, 1.165) is 47.9 Å². The molecule has 0 N–H and O–H groups in total. The highest BCUT2D eigenvalue weighted by Gasteiger charge is 2.15. The van der Waals surface area contributed by atoms with Gasteiger partial charge in [0, 0.05) is 30.3 Å². The van der Waals surface area contributed by atoms with Crippen molar-refractivity contribution in [3.05, 3.63) is 53.1 Å². The molecule has 2 aromatic carbocycles. The van der Waals surface area contributed by atoms with Gasteiger partial charge in [-0.3, -0.25) is 4.68 Å². The molecule has 3 aromatic rings. The van der Waals surface area contributed by atoms with Crippen LogP contribution in [0.5, 0.6) is 5.88 Å². The van der Waals surface area contributed by atoms with E-state index in [9.17, 15) is 0 Å². The third-order valence-electron chi connectivity index (χ3n) is 6.13. The summed E-state index contributed by atoms with van der Waals surface area (Å²) < 4.78 is 8.26. The van der Waals surface area contributed by atoms with Gasteiger partial charge >= 0.3 is 0 Å². The van der Waals surface area contributed by atoms with Crippen LogP contribution < -0.4 is 9.64 Å². The number of nitrogens with zero attached hydrogens (tertiary/aromatic N) is 4. The number of aromatic nitrogens is 2. The molecule has 0 bridgehead atoms. The lowest BCUT2D eigenvalue weighted by atomic mass is 10.2. The highest BCUT2D eigenvalue weighted by molar-refractivity contribution is 6.30. The molecule has 1 aliphatic rings. The second-order valence-corrected chi connectivity index (χ2v) is 8.65. The standard InChI is InChI=1S/C25H33ClN4O/c1-3-29(4-2)22-12-13-24-23(18-22)25(31-17-7-16-28-14-5-6-15-28)27-30(24)19-20-8-10-21(26)11-9-20/h8-13,18H,3-7,14-17,19H2,1-2H3. The Kier molecular flexibility index (Phi) is 7.36. The maximum Gasteiger partial charge on any atom is 0.240 e. The number of rotatable bonds is 10. The van der Waals surface area contributed by atoms with Gasteiger partial charge in [0.1, 0.15) is 0 Å². The maximum absolute atomic E-state index is 6.22. The molecule has 1 fully saturated rings. The fourth-order valence-corrected chi connectivity index (χ4v) is 4.50. The van der Waals surface area contributed by atoms with Crippen LogP contribution >= 0.6 is 11.6 Å². The Morgan fingerprint density at radius 3 is 2.48 bits per heavy atom. The number of hydrogen-bond acceptors (Lipinski definition) is 4. The van der Waals surface area contributed by atoms with Crippen molar-refractivity contribution >= 4 is 28.2 Å². The smallest absolute Gasteiger partial charge is 0.240 e. The quantitative estimate of drug-likeness (QED) is 0.392. The summed E-state index contributed by atoms with van der Waals surface area (Å²) in [4.78, 5) is 4.88. The van der Waals surface area contributed by atoms with Gasteiger partial charge in [0.05, 0.1) is 24.1 Å². The maximum atomic E-state index is 6.22. The summed E-state index contributed by atoms with van der Waals surface area (Å²) in [6, 6.07) is 14.5. The molecule has 1 saturated heterocycles. The van der Waals surface area contributed by atoms with Crippen LogP contribution in [0.2, 0.25) is 5.02 Å². The molecule has 1 aliphatic heterocycles. The molecular weight excluding hydrogens is 408 g/mol. The van der Waals surface area contributed by atoms with E-state index in [4.69, 9.17) is 21.4 Å². The fourth-order valence-electron chi connectivity index (χ4n) is 4.38. The van der Waals surface area contributed by atoms with Gasteiger partial charge in [0.25, 0.3) is 0 Å². The van der Waals surface area contributed by atoms with Gasteiger partial charge in [0.15, 0.2) is 0 Å². The SMILES string of the molecule is CCN(CC)c1ccc2c(c1)c(OCCCN1CCCC1)nn2Cc1ccc(Cl)cc1. The fraction of sp³-hybridized carbons (Fsp3) is 0.480. The third-order valence-corrected chi connectivity index (χ3v) is 6.38. The van der Waals surface area contributed by atoms with E-state index in [2.05, 4.69) is 54.0 Å². The molecule has 0 aliphatic carbocycles. The Morgan fingerprint density at radius 2 is 1.77 bits per heavy atom. The van der Waals surface area contributed by atoms with E-state index in [-0.39, 0.29) is 0 Å². The predicted octanol–water partition coefficient (Wildman–Crippen LogP) is 5.45. The first-order valence-corrected chi connectivity index (χ1v) is 11.9. The van der Waals surface area contributed by atoms with Crippen LogP contribution in [0.25, 0.3) is 10.9 Å². The molecule has 31 heavy (non-hydrogen) atoms. The number of halogens is 1. The zero-order valence-electron chi connectivity index (χ0n) is 18.7. The lowest BCUT2D eigenvalue weighted by Gasteiger charge is -2.21. The summed E-state index contributed by atoms with van der Waals surface area (Å²) in [7, 11) is 0. The van der Waals surface area contributed by atoms with Gasteiger partial charge < -0.3 is 14.5 Å². The number of hydrogen-bond donors (Lipinski definition) is 0. The van der Waals surface area contributed by atoms with Crippen LogP contribution in [0.4, 0.5) is 5.69 Å². The van der Waals surface area contributed by atoms with Gasteiger partial charge in [-0.05, 0) is 82.1 Å². The van der Waals surface area contributed by atoms with Gasteiger partial charge in [-0.1, -0.05) is 23.7 Å². The molecule has 0 unspecified atom stereocenters. The number of ether oxygens (including phenoxy) is 1. The number of fused-ring (bicyclic) bond motifs is 1. The van der Waals surface area contributed by atoms with Crippen LogP contribution in [0.3, 0.4) is 0 Å². The van der Waals surface area contributed by atoms with E-state index >= 15 is 0 Å². The molecule has 4 rings (SSSR count). The van der Waals surface area contributed by atoms with Crippen molar-refractivity contribution in [3.63, 3.8) is 0 Å². The molecule has 2 heterocycles. The Bertz CT molecular complexity index is 975. The largest absolute Gasteiger partial charge is 0.476 e. The van der Waals surface area contributed by atoms with Gasteiger partial charge in [0.2, 0.25) is 5.88 Å². The normalized spacial score (nSPS) is 14.4. The molecule has 0 saturated carbocycles. The van der Waals surface area contributed by atoms with Crippen molar-refractivity contribution in [3.8, 4) is 5.88 Å². The van der Waals surface area contributed by atoms with E-state index in [0.29, 0.717) is 13.2 Å². The van der Waals surface area contributed by atoms with Crippen molar-refractivity contribution in [2.75, 3.05) is 44.2 Å². The number of likely N-dealkylation sites (tertiary alicyclic amines) is 1. The van der Waals surface area contributed by atoms with Crippen molar-refractivity contribution in [2.24, 2.45) is 0 Å². The van der Waals surface area contributed by atoms with Crippen molar-refractivity contribution in [1.82, 2.24) is 14.7 Å². The average Bonchev–Trinajstić information content (AvgIpc) is 3.42. The Morgan fingerprint density at radius 1 is 1.03 bits per heavy atom. The second kappa shape index (κ2) is 10.4. The highest BCUT2D eigenvalue weighted by atomic mass is 35.5. The summed E-state index contributed by atoms with van der Waals surface area (Å²) in [5, 5.41) is 6.69. The monoisotopic (exact) mass is 440 g/mol. The van der Waals surface area contributed by atoms with E-state index < -0.39 is 0 Å². The Labute approximate surface area is 190 Å². The average molecular weight is 441 g/mol. The van der Waals surface area contributed by atoms with E-state index in [1.54, 1.807) is 0 Å². The number of anilines is 1. The van der Waals surface area contributed by atoms with Crippen LogP contribution in [-0.2, 0) is 6.54 Å². The summed E-state index contributed by atoms with van der Waals surface area (Å²) in [5.41, 5.74) is 3.48. The molecule has 6 heteroatoms. The summed E-state index contributed by atoms with van der Waals surface area (Å²) in [6.07, 6.45) is 3.69. The van der Waals surface area contributed by atoms with Gasteiger partial charge in [-0.2, -0.15) is 0 Å². The Hall–Kier alpha value is -2.24. The van der Waals surface area contributed by atoms with E-state index in [1.165, 1.54) is 37.2 Å². The molecule has 1 aromatic heterocycles. The number of benzene rings is 2. The van der Waals surface area contributed by atoms with Crippen molar-refractivity contribution in [1.29, 1.82) is 0 Å². The topological polar surface area (TPSA) is 33.5 Å². The second-order valence-electron chi connectivity index (χ2n) is 8.21. The lowest BCUT2D eigenvalue weighted by molar-refractivity contribution is 0.257. The first-order chi connectivity index (χ1) is 15.2. The molecule has 0 atom stereocenters. The predicted molar refractivity (Wildman–Crippen MR) is 130 cm³/mol. The Balaban J connectivity index is 1.56. The van der Waals surface area contributed by atoms with Gasteiger partial charge in [-0.25, -0.2) is 0 Å². The van der Waals surface area contributed by atoms with Crippen LogP contribution in [0.15, 0.2) is 42.5 Å². The van der Waals surface area contributed by atoms with Crippen molar-refractivity contribution in [2.45, 2.75) is 39.7 Å². The van der Waals surface area contributed by atoms with E-state index in [1.807, 2.05) is 16.8 Å². The highest BCUT2D eigenvalue weighted by Crippen LogP contribution is 2.30. The van der Waals surface area contributed by atoms with Crippen LogP contribution in [0, 0.1) is 0 Å². The summed E-state index contributed by atoms with van der Waals surface area (Å²) in [5.74, 6) is 0.736. The zero-order valence-corrected chi connectivity index (χ0v) is 19.4. The third kappa shape index (κ3) is 5.34. The van der Waals surface area contributed by atoms with Crippen LogP contribution in [0.1, 0.15) is 38.7 Å². The minimum atomic E-state index is 0.690. The van der Waals surface area contributed by atoms with Crippen LogP contribution in [-0.4, -0.2) is 54.0 Å². The van der Waals surface area contributed by atoms with Crippen molar-refractivity contribution < 1.29 is 4.74 Å². The first-order valence-electron chi connectivity index (χ1n) is 11.5. The summed E-state index contributed by atoms with van der Waals surface area (Å²) >= 11 is 6.06. The first kappa shape index (κ1) is 22.0. The molecular formula is C25H33ClN4O. The molecule has 0 amide bonds. The molecule has 0 radical (unpaired) electrons. The molecule has 0 spiro atoms. The minimum Gasteiger partial charge on any atom is -0.476 e. The van der Waals surface area contributed by atoms with Gasteiger partial charge in [-0.15, -0.1) is 5.10 Å². The summed E-state index contributed by atoms with van der Waals surface area (Å²) in [6.45, 7) is 11.3. The minimum absolute atomic E-state index is 0.690. The lowest BCUT2D eigenvalue weighted by Crippen LogP contribution is -2.22.